The van der Waals surface area contributed by atoms with E-state index in [-0.39, 0.29) is 17.9 Å². The van der Waals surface area contributed by atoms with E-state index in [0.717, 1.165) is 18.2 Å². The van der Waals surface area contributed by atoms with Crippen molar-refractivity contribution in [3.8, 4) is 5.75 Å². The van der Waals surface area contributed by atoms with E-state index in [1.165, 1.54) is 37.3 Å². The lowest BCUT2D eigenvalue weighted by atomic mass is 9.87. The van der Waals surface area contributed by atoms with Gasteiger partial charge in [0.25, 0.3) is 5.91 Å². The number of benzene rings is 2. The number of amides is 1. The third-order valence-electron chi connectivity index (χ3n) is 4.48. The van der Waals surface area contributed by atoms with E-state index in [4.69, 9.17) is 10.5 Å². The zero-order chi connectivity index (χ0) is 21.9. The molecule has 0 aromatic heterocycles. The van der Waals surface area contributed by atoms with Gasteiger partial charge in [-0.25, -0.2) is 4.39 Å². The molecule has 2 rings (SSSR count). The first-order valence-electron chi connectivity index (χ1n) is 8.78. The summed E-state index contributed by atoms with van der Waals surface area (Å²) < 4.78 is 60.0. The number of nitrogens with one attached hydrogen (secondary N) is 1. The Hall–Kier alpha value is -2.65. The molecule has 5 nitrogen and oxygen atoms in total. The van der Waals surface area contributed by atoms with Crippen LogP contribution in [0.2, 0.25) is 0 Å². The lowest BCUT2D eigenvalue weighted by Crippen LogP contribution is -2.61. The molecule has 2 aromatic rings. The van der Waals surface area contributed by atoms with Gasteiger partial charge in [0.2, 0.25) is 5.54 Å². The van der Waals surface area contributed by atoms with E-state index >= 15 is 0 Å². The number of hydrogen-bond acceptors (Lipinski definition) is 4. The van der Waals surface area contributed by atoms with Crippen LogP contribution in [0, 0.1) is 5.82 Å². The number of alkyl halides is 3. The van der Waals surface area contributed by atoms with Crippen molar-refractivity contribution in [1.29, 1.82) is 0 Å². The van der Waals surface area contributed by atoms with E-state index < -0.39 is 41.1 Å². The Morgan fingerprint density at radius 2 is 1.72 bits per heavy atom. The van der Waals surface area contributed by atoms with Crippen LogP contribution >= 0.6 is 0 Å². The normalized spacial score (nSPS) is 15.9. The summed E-state index contributed by atoms with van der Waals surface area (Å²) in [5.74, 6) is -2.27. The highest BCUT2D eigenvalue weighted by Crippen LogP contribution is 2.41. The van der Waals surface area contributed by atoms with Crippen LogP contribution in [-0.2, 0) is 15.9 Å². The van der Waals surface area contributed by atoms with Crippen LogP contribution in [0.3, 0.4) is 0 Å². The summed E-state index contributed by atoms with van der Waals surface area (Å²) >= 11 is 0. The van der Waals surface area contributed by atoms with Gasteiger partial charge in [0.1, 0.15) is 17.2 Å². The molecule has 0 saturated carbocycles. The summed E-state index contributed by atoms with van der Waals surface area (Å²) in [4.78, 5) is 12.6. The molecule has 0 bridgehead atoms. The maximum atomic E-state index is 13.9. The highest BCUT2D eigenvalue weighted by Gasteiger charge is 2.60. The van der Waals surface area contributed by atoms with E-state index in [0.29, 0.717) is 0 Å². The van der Waals surface area contributed by atoms with E-state index in [1.807, 2.05) is 0 Å². The first-order chi connectivity index (χ1) is 13.4. The van der Waals surface area contributed by atoms with Gasteiger partial charge in [0.05, 0.1) is 13.2 Å². The van der Waals surface area contributed by atoms with Gasteiger partial charge < -0.3 is 20.9 Å². The first-order valence-corrected chi connectivity index (χ1v) is 8.78. The van der Waals surface area contributed by atoms with Crippen LogP contribution in [0.25, 0.3) is 0 Å². The highest BCUT2D eigenvalue weighted by atomic mass is 19.4. The smallest absolute Gasteiger partial charge is 0.419 e. The van der Waals surface area contributed by atoms with Gasteiger partial charge in [0.15, 0.2) is 0 Å². The van der Waals surface area contributed by atoms with Gasteiger partial charge >= 0.3 is 6.18 Å². The Balaban J connectivity index is 2.34. The Labute approximate surface area is 165 Å². The highest BCUT2D eigenvalue weighted by molar-refractivity contribution is 5.89. The summed E-state index contributed by atoms with van der Waals surface area (Å²) in [5.41, 5.74) is 0.115. The largest absolute Gasteiger partial charge is 0.494 e. The number of ether oxygens (including phenoxy) is 1. The van der Waals surface area contributed by atoms with Crippen molar-refractivity contribution in [3.05, 3.63) is 65.5 Å². The second kappa shape index (κ2) is 8.38. The second-order valence-corrected chi connectivity index (χ2v) is 6.70. The van der Waals surface area contributed by atoms with Gasteiger partial charge in [0, 0.05) is 5.56 Å². The van der Waals surface area contributed by atoms with Gasteiger partial charge in [-0.1, -0.05) is 30.3 Å². The summed E-state index contributed by atoms with van der Waals surface area (Å²) in [6, 6.07) is 9.84. The Bertz CT molecular complexity index is 854. The van der Waals surface area contributed by atoms with Crippen LogP contribution in [0.15, 0.2) is 48.5 Å². The third-order valence-corrected chi connectivity index (χ3v) is 4.48. The number of rotatable bonds is 7. The number of hydrogen-bond donors (Lipinski definition) is 3. The number of aliphatic hydroxyl groups is 1. The predicted molar refractivity (Wildman–Crippen MR) is 98.5 cm³/mol. The molecule has 9 heteroatoms. The van der Waals surface area contributed by atoms with Gasteiger partial charge in [-0.15, -0.1) is 0 Å². The molecular weight excluding hydrogens is 392 g/mol. The van der Waals surface area contributed by atoms with Crippen molar-refractivity contribution in [3.63, 3.8) is 0 Å². The topological polar surface area (TPSA) is 84.6 Å². The minimum Gasteiger partial charge on any atom is -0.494 e. The molecule has 0 spiro atoms. The summed E-state index contributed by atoms with van der Waals surface area (Å²) in [6.45, 7) is 2.36. The molecule has 0 aliphatic carbocycles. The van der Waals surface area contributed by atoms with Crippen molar-refractivity contribution in [2.45, 2.75) is 31.2 Å². The monoisotopic (exact) mass is 414 g/mol. The molecule has 158 valence electrons. The molecule has 0 heterocycles. The van der Waals surface area contributed by atoms with E-state index in [9.17, 15) is 27.5 Å². The third kappa shape index (κ3) is 4.68. The molecule has 0 aliphatic rings. The molecule has 0 aliphatic heterocycles. The predicted octanol–water partition coefficient (Wildman–Crippen LogP) is 2.96. The average molecular weight is 414 g/mol. The lowest BCUT2D eigenvalue weighted by Gasteiger charge is -2.33. The Morgan fingerprint density at radius 1 is 1.14 bits per heavy atom. The fourth-order valence-corrected chi connectivity index (χ4v) is 2.78. The van der Waals surface area contributed by atoms with Crippen molar-refractivity contribution in [1.82, 2.24) is 5.32 Å². The second-order valence-electron chi connectivity index (χ2n) is 6.70. The van der Waals surface area contributed by atoms with E-state index in [1.54, 1.807) is 6.92 Å². The molecule has 2 aromatic carbocycles. The number of carbonyl (C=O) groups excluding carboxylic acids is 1. The first kappa shape index (κ1) is 22.6. The molecular formula is C20H22F4N2O3. The molecule has 0 saturated heterocycles. The van der Waals surface area contributed by atoms with Gasteiger partial charge in [-0.05, 0) is 37.6 Å². The van der Waals surface area contributed by atoms with Crippen LogP contribution < -0.4 is 15.8 Å². The number of nitrogens with two attached hydrogens (primary N) is 1. The minimum absolute atomic E-state index is 0.0752. The van der Waals surface area contributed by atoms with Crippen molar-refractivity contribution in [2.75, 3.05) is 13.2 Å². The Kier molecular flexibility index (Phi) is 6.54. The molecule has 2 atom stereocenters. The molecule has 0 radical (unpaired) electrons. The fourth-order valence-electron chi connectivity index (χ4n) is 2.78. The van der Waals surface area contributed by atoms with Crippen molar-refractivity contribution in [2.24, 2.45) is 5.73 Å². The minimum atomic E-state index is -5.15. The van der Waals surface area contributed by atoms with E-state index in [2.05, 4.69) is 5.32 Å². The van der Waals surface area contributed by atoms with Crippen LogP contribution in [0.1, 0.15) is 25.0 Å². The molecule has 0 unspecified atom stereocenters. The summed E-state index contributed by atoms with van der Waals surface area (Å²) in [7, 11) is 0. The van der Waals surface area contributed by atoms with Crippen molar-refractivity contribution >= 4 is 5.91 Å². The fraction of sp³-hybridized carbons (Fsp3) is 0.350. The maximum Gasteiger partial charge on any atom is 0.419 e. The summed E-state index contributed by atoms with van der Waals surface area (Å²) in [6.07, 6.45) is -5.15. The standard InChI is InChI=1S/C20H22F4N2O3/c1-3-29-16-7-5-4-6-15(16)19(25,20(22,23)24)17(27)26-12-18(2,28)13-8-10-14(21)11-9-13/h4-11,28H,3,12,25H2,1-2H3,(H,26,27)/t18-,19+/m1/s1. The zero-order valence-electron chi connectivity index (χ0n) is 15.9. The molecule has 0 fully saturated rings. The maximum absolute atomic E-state index is 13.9. The number of carbonyl (C=O) groups is 1. The average Bonchev–Trinajstić information content (AvgIpc) is 2.65. The van der Waals surface area contributed by atoms with Crippen LogP contribution in [0.4, 0.5) is 17.6 Å². The Morgan fingerprint density at radius 3 is 2.28 bits per heavy atom. The molecule has 4 N–H and O–H groups in total. The number of para-hydroxylation sites is 1. The van der Waals surface area contributed by atoms with Gasteiger partial charge in [-0.2, -0.15) is 13.2 Å². The molecule has 1 amide bonds. The van der Waals surface area contributed by atoms with Gasteiger partial charge in [-0.3, -0.25) is 4.79 Å². The van der Waals surface area contributed by atoms with Crippen LogP contribution in [-0.4, -0.2) is 30.3 Å². The van der Waals surface area contributed by atoms with Crippen molar-refractivity contribution < 1.29 is 32.2 Å². The van der Waals surface area contributed by atoms with Crippen LogP contribution in [0.5, 0.6) is 5.75 Å². The summed E-state index contributed by atoms with van der Waals surface area (Å²) in [5, 5.41) is 12.6. The quantitative estimate of drug-likeness (QED) is 0.609. The number of halogens is 4. The SMILES string of the molecule is CCOc1ccccc1[C@](N)(C(=O)NC[C@@](C)(O)c1ccc(F)cc1)C(F)(F)F. The molecule has 29 heavy (non-hydrogen) atoms. The lowest BCUT2D eigenvalue weighted by molar-refractivity contribution is -0.195. The zero-order valence-corrected chi connectivity index (χ0v) is 15.9.